The molecule has 0 saturated heterocycles. The molecule has 0 fully saturated rings. The minimum Gasteiger partial charge on any atom is -0.356 e. The van der Waals surface area contributed by atoms with E-state index in [0.717, 1.165) is 31.9 Å². The summed E-state index contributed by atoms with van der Waals surface area (Å²) in [4.78, 5) is 19.7. The van der Waals surface area contributed by atoms with Crippen molar-refractivity contribution in [2.24, 2.45) is 10.9 Å². The van der Waals surface area contributed by atoms with Crippen LogP contribution in [0.1, 0.15) is 33.6 Å². The van der Waals surface area contributed by atoms with Crippen molar-refractivity contribution < 1.29 is 4.79 Å². The van der Waals surface area contributed by atoms with E-state index in [0.29, 0.717) is 5.92 Å². The van der Waals surface area contributed by atoms with E-state index in [1.165, 1.54) is 0 Å². The Morgan fingerprint density at radius 2 is 1.85 bits per heavy atom. The summed E-state index contributed by atoms with van der Waals surface area (Å²) in [6.07, 6.45) is 2.28. The highest BCUT2D eigenvalue weighted by molar-refractivity contribution is 14.0. The quantitative estimate of drug-likeness (QED) is 0.406. The Hall–Kier alpha value is -0.530. The lowest BCUT2D eigenvalue weighted by Crippen LogP contribution is -2.41. The van der Waals surface area contributed by atoms with Gasteiger partial charge in [0.2, 0.25) is 5.91 Å². The number of carbonyl (C=O) groups excluding carboxylic acids is 1. The van der Waals surface area contributed by atoms with Gasteiger partial charge in [-0.05, 0) is 12.3 Å². The number of nitrogens with zero attached hydrogens (tertiary/aromatic N) is 3. The number of guanidine groups is 1. The van der Waals surface area contributed by atoms with Gasteiger partial charge >= 0.3 is 0 Å². The van der Waals surface area contributed by atoms with Gasteiger partial charge in [-0.3, -0.25) is 4.79 Å². The molecule has 0 aliphatic heterocycles. The smallest absolute Gasteiger partial charge is 0.243 e. The molecule has 0 aromatic heterocycles. The molecule has 1 N–H and O–H groups in total. The highest BCUT2D eigenvalue weighted by Crippen LogP contribution is 1.95. The van der Waals surface area contributed by atoms with Crippen molar-refractivity contribution >= 4 is 35.8 Å². The van der Waals surface area contributed by atoms with Crippen molar-refractivity contribution in [3.05, 3.63) is 0 Å². The van der Waals surface area contributed by atoms with Crippen molar-refractivity contribution in [3.63, 3.8) is 0 Å². The maximum atomic E-state index is 11.6. The molecule has 0 saturated carbocycles. The second kappa shape index (κ2) is 12.2. The third kappa shape index (κ3) is 10.3. The molecule has 6 heteroatoms. The fraction of sp³-hybridized carbons (Fsp3) is 0.857. The number of likely N-dealkylation sites (N-methyl/N-ethyl adjacent to an activating group) is 1. The lowest BCUT2D eigenvalue weighted by molar-refractivity contribution is -0.127. The summed E-state index contributed by atoms with van der Waals surface area (Å²) in [6, 6.07) is 0. The van der Waals surface area contributed by atoms with Crippen molar-refractivity contribution in [1.29, 1.82) is 0 Å². The topological polar surface area (TPSA) is 47.9 Å². The van der Waals surface area contributed by atoms with E-state index < -0.39 is 0 Å². The minimum absolute atomic E-state index is 0. The van der Waals surface area contributed by atoms with Crippen LogP contribution >= 0.6 is 24.0 Å². The Bertz CT molecular complexity index is 293. The summed E-state index contributed by atoms with van der Waals surface area (Å²) >= 11 is 0. The number of nitrogens with one attached hydrogen (secondary N) is 1. The molecule has 0 aliphatic carbocycles. The van der Waals surface area contributed by atoms with Gasteiger partial charge in [-0.15, -0.1) is 24.0 Å². The number of hydrogen-bond acceptors (Lipinski definition) is 2. The molecule has 0 bridgehead atoms. The first-order chi connectivity index (χ1) is 8.88. The molecule has 0 aromatic carbocycles. The normalized spacial score (nSPS) is 11.1. The number of hydrogen-bond donors (Lipinski definition) is 1. The molecule has 20 heavy (non-hydrogen) atoms. The second-order valence-electron chi connectivity index (χ2n) is 5.48. The van der Waals surface area contributed by atoms with E-state index in [4.69, 9.17) is 0 Å². The van der Waals surface area contributed by atoms with Crippen LogP contribution in [0.5, 0.6) is 0 Å². The molecule has 0 aromatic rings. The fourth-order valence-electron chi connectivity index (χ4n) is 1.39. The first kappa shape index (κ1) is 21.8. The van der Waals surface area contributed by atoms with Gasteiger partial charge < -0.3 is 15.1 Å². The van der Waals surface area contributed by atoms with Gasteiger partial charge in [-0.1, -0.05) is 27.2 Å². The summed E-state index contributed by atoms with van der Waals surface area (Å²) in [5.74, 6) is 1.39. The minimum atomic E-state index is 0. The third-order valence-corrected chi connectivity index (χ3v) is 2.74. The molecule has 5 nitrogen and oxygen atoms in total. The molecule has 120 valence electrons. The Morgan fingerprint density at radius 3 is 2.30 bits per heavy atom. The van der Waals surface area contributed by atoms with E-state index in [9.17, 15) is 4.79 Å². The largest absolute Gasteiger partial charge is 0.356 e. The zero-order chi connectivity index (χ0) is 14.8. The summed E-state index contributed by atoms with van der Waals surface area (Å²) in [6.45, 7) is 8.50. The number of aliphatic imine (C=N–C) groups is 1. The third-order valence-electron chi connectivity index (χ3n) is 2.74. The van der Waals surface area contributed by atoms with Crippen molar-refractivity contribution in [2.45, 2.75) is 33.6 Å². The Balaban J connectivity index is 0. The molecule has 1 amide bonds. The van der Waals surface area contributed by atoms with Gasteiger partial charge in [0.1, 0.15) is 6.54 Å². The lowest BCUT2D eigenvalue weighted by atomic mass is 10.2. The molecule has 0 unspecified atom stereocenters. The van der Waals surface area contributed by atoms with Gasteiger partial charge in [-0.2, -0.15) is 0 Å². The number of rotatable bonds is 7. The van der Waals surface area contributed by atoms with Crippen LogP contribution in [-0.2, 0) is 4.79 Å². The van der Waals surface area contributed by atoms with Crippen LogP contribution in [0.4, 0.5) is 0 Å². The Morgan fingerprint density at radius 1 is 1.25 bits per heavy atom. The average Bonchev–Trinajstić information content (AvgIpc) is 2.35. The first-order valence-corrected chi connectivity index (χ1v) is 7.08. The summed E-state index contributed by atoms with van der Waals surface area (Å²) < 4.78 is 0. The zero-order valence-corrected chi connectivity index (χ0v) is 16.1. The van der Waals surface area contributed by atoms with Crippen molar-refractivity contribution in [2.75, 3.05) is 40.8 Å². The molecule has 0 aliphatic rings. The van der Waals surface area contributed by atoms with Crippen LogP contribution in [0.25, 0.3) is 0 Å². The number of unbranched alkanes of at least 4 members (excludes halogenated alkanes) is 1. The number of amides is 1. The standard InChI is InChI=1S/C14H30N4O.HI/c1-7-8-9-18(6)14(15-10-12(2)3)16-11-13(19)17(4)5;/h12H,7-11H2,1-6H3,(H,15,16);1H. The monoisotopic (exact) mass is 398 g/mol. The molecule has 0 rings (SSSR count). The lowest BCUT2D eigenvalue weighted by Gasteiger charge is -2.23. The molecular formula is C14H31IN4O. The predicted octanol–water partition coefficient (Wildman–Crippen LogP) is 2.03. The van der Waals surface area contributed by atoms with Gasteiger partial charge in [-0.25, -0.2) is 4.99 Å². The van der Waals surface area contributed by atoms with Gasteiger partial charge in [0.05, 0.1) is 0 Å². The number of carbonyl (C=O) groups is 1. The van der Waals surface area contributed by atoms with E-state index in [2.05, 4.69) is 36.0 Å². The Kier molecular flexibility index (Phi) is 13.3. The van der Waals surface area contributed by atoms with Crippen molar-refractivity contribution in [3.8, 4) is 0 Å². The fourth-order valence-corrected chi connectivity index (χ4v) is 1.39. The molecule has 0 spiro atoms. The summed E-state index contributed by atoms with van der Waals surface area (Å²) in [7, 11) is 5.52. The van der Waals surface area contributed by atoms with E-state index >= 15 is 0 Å². The predicted molar refractivity (Wildman–Crippen MR) is 96.8 cm³/mol. The van der Waals surface area contributed by atoms with Crippen LogP contribution < -0.4 is 5.32 Å². The summed E-state index contributed by atoms with van der Waals surface area (Å²) in [5.41, 5.74) is 0. The van der Waals surface area contributed by atoms with E-state index in [1.807, 2.05) is 7.05 Å². The maximum Gasteiger partial charge on any atom is 0.243 e. The van der Waals surface area contributed by atoms with Gasteiger partial charge in [0, 0.05) is 34.2 Å². The molecule has 0 atom stereocenters. The number of halogens is 1. The van der Waals surface area contributed by atoms with Crippen LogP contribution in [0.3, 0.4) is 0 Å². The molecular weight excluding hydrogens is 367 g/mol. The van der Waals surface area contributed by atoms with Gasteiger partial charge in [0.25, 0.3) is 0 Å². The van der Waals surface area contributed by atoms with E-state index in [-0.39, 0.29) is 36.4 Å². The van der Waals surface area contributed by atoms with Crippen LogP contribution in [0, 0.1) is 5.92 Å². The first-order valence-electron chi connectivity index (χ1n) is 7.08. The summed E-state index contributed by atoms with van der Waals surface area (Å²) in [5, 5.41) is 3.33. The molecule has 0 radical (unpaired) electrons. The molecule has 0 heterocycles. The van der Waals surface area contributed by atoms with Crippen LogP contribution in [-0.4, -0.2) is 62.4 Å². The second-order valence-corrected chi connectivity index (χ2v) is 5.48. The highest BCUT2D eigenvalue weighted by atomic mass is 127. The van der Waals surface area contributed by atoms with Crippen molar-refractivity contribution in [1.82, 2.24) is 15.1 Å². The highest BCUT2D eigenvalue weighted by Gasteiger charge is 2.08. The zero-order valence-electron chi connectivity index (χ0n) is 13.8. The average molecular weight is 398 g/mol. The SMILES string of the molecule is CCCCN(C)C(=NCC(=O)N(C)C)NCC(C)C.I. The maximum absolute atomic E-state index is 11.6. The van der Waals surface area contributed by atoms with E-state index in [1.54, 1.807) is 19.0 Å². The van der Waals surface area contributed by atoms with Crippen LogP contribution in [0.2, 0.25) is 0 Å². The Labute approximate surface area is 141 Å². The van der Waals surface area contributed by atoms with Gasteiger partial charge in [0.15, 0.2) is 5.96 Å². The van der Waals surface area contributed by atoms with Crippen LogP contribution in [0.15, 0.2) is 4.99 Å².